The van der Waals surface area contributed by atoms with Crippen LogP contribution in [0.2, 0.25) is 0 Å². The third-order valence-corrected chi connectivity index (χ3v) is 10.6. The Hall–Kier alpha value is -3.03. The SMILES string of the molecule is COc1cc(-c2ccc(NN=C3C(=O)c4ccc(S(=O)(=O)[O-])cc4C=C3S(=O)(=O)[O-])c(OC)c2)ccc1NN=C1C=C(S(=O)(=O)[O-])c2ccccc2C1=O.[Na+].[Na+].[Na+]. The van der Waals surface area contributed by atoms with E-state index in [4.69, 9.17) is 9.47 Å². The molecule has 278 valence electrons. The molecule has 2 aliphatic carbocycles. The Balaban J connectivity index is 0.00000290. The van der Waals surface area contributed by atoms with E-state index >= 15 is 0 Å². The molecule has 0 spiro atoms. The summed E-state index contributed by atoms with van der Waals surface area (Å²) in [5.41, 5.74) is 5.10. The zero-order valence-electron chi connectivity index (χ0n) is 30.6. The van der Waals surface area contributed by atoms with Gasteiger partial charge in [0.2, 0.25) is 11.6 Å². The van der Waals surface area contributed by atoms with E-state index in [1.54, 1.807) is 30.3 Å². The second kappa shape index (κ2) is 18.9. The van der Waals surface area contributed by atoms with Crippen molar-refractivity contribution in [3.05, 3.63) is 112 Å². The summed E-state index contributed by atoms with van der Waals surface area (Å²) in [5.74, 6) is -1.25. The van der Waals surface area contributed by atoms with Gasteiger partial charge in [-0.15, -0.1) is 0 Å². The number of nitrogens with one attached hydrogen (secondary N) is 2. The zero-order chi connectivity index (χ0) is 39.2. The van der Waals surface area contributed by atoms with Crippen LogP contribution in [0, 0.1) is 0 Å². The zero-order valence-corrected chi connectivity index (χ0v) is 39.0. The van der Waals surface area contributed by atoms with Crippen molar-refractivity contribution in [2.75, 3.05) is 25.1 Å². The Kier molecular flexibility index (Phi) is 16.0. The Morgan fingerprint density at radius 1 is 0.561 bits per heavy atom. The molecule has 23 heteroatoms. The first-order valence-corrected chi connectivity index (χ1v) is 19.3. The Morgan fingerprint density at radius 2 is 1.09 bits per heavy atom. The van der Waals surface area contributed by atoms with Gasteiger partial charge in [0, 0.05) is 16.7 Å². The number of hydrogen-bond donors (Lipinski definition) is 2. The molecule has 0 unspecified atom stereocenters. The number of methoxy groups -OCH3 is 2. The van der Waals surface area contributed by atoms with E-state index in [1.165, 1.54) is 44.6 Å². The van der Waals surface area contributed by atoms with Crippen LogP contribution in [0.25, 0.3) is 22.1 Å². The average Bonchev–Trinajstić information content (AvgIpc) is 3.12. The molecule has 57 heavy (non-hydrogen) atoms. The fraction of sp³-hybridized carbons (Fsp3) is 0.0588. The smallest absolute Gasteiger partial charge is 0.744 e. The van der Waals surface area contributed by atoms with Crippen LogP contribution in [0.5, 0.6) is 11.5 Å². The quantitative estimate of drug-likeness (QED) is 0.0855. The summed E-state index contributed by atoms with van der Waals surface area (Å²) in [4.78, 5) is 23.9. The van der Waals surface area contributed by atoms with Gasteiger partial charge in [-0.1, -0.05) is 36.4 Å². The molecule has 0 heterocycles. The number of anilines is 2. The van der Waals surface area contributed by atoms with Crippen molar-refractivity contribution in [3.8, 4) is 22.6 Å². The normalized spacial score (nSPS) is 15.1. The van der Waals surface area contributed by atoms with Crippen molar-refractivity contribution in [1.29, 1.82) is 0 Å². The second-order valence-corrected chi connectivity index (χ2v) is 15.4. The van der Waals surface area contributed by atoms with E-state index in [-0.39, 0.29) is 140 Å². The molecule has 4 aromatic rings. The van der Waals surface area contributed by atoms with Gasteiger partial charge in [0.15, 0.2) is 0 Å². The molecule has 0 atom stereocenters. The van der Waals surface area contributed by atoms with Crippen LogP contribution in [-0.2, 0) is 30.4 Å². The van der Waals surface area contributed by atoms with Crippen LogP contribution in [0.1, 0.15) is 31.8 Å². The van der Waals surface area contributed by atoms with Gasteiger partial charge in [-0.25, -0.2) is 25.3 Å². The van der Waals surface area contributed by atoms with Gasteiger partial charge in [-0.05, 0) is 71.3 Å². The van der Waals surface area contributed by atoms with Crippen molar-refractivity contribution in [2.45, 2.75) is 4.90 Å². The van der Waals surface area contributed by atoms with Crippen LogP contribution in [-0.4, -0.2) is 76.1 Å². The number of rotatable bonds is 10. The van der Waals surface area contributed by atoms with Gasteiger partial charge < -0.3 is 23.1 Å². The fourth-order valence-corrected chi connectivity index (χ4v) is 7.38. The molecule has 4 aromatic carbocycles. The molecule has 0 fully saturated rings. The van der Waals surface area contributed by atoms with Crippen LogP contribution < -0.4 is 109 Å². The fourth-order valence-electron chi connectivity index (χ4n) is 5.52. The van der Waals surface area contributed by atoms with Crippen molar-refractivity contribution in [1.82, 2.24) is 0 Å². The summed E-state index contributed by atoms with van der Waals surface area (Å²) in [5, 5.41) is 7.94. The van der Waals surface area contributed by atoms with E-state index in [0.29, 0.717) is 11.1 Å². The number of ether oxygens (including phenoxy) is 2. The van der Waals surface area contributed by atoms with E-state index in [9.17, 15) is 48.5 Å². The average molecular weight is 861 g/mol. The molecule has 0 bridgehead atoms. The molecule has 6 rings (SSSR count). The summed E-state index contributed by atoms with van der Waals surface area (Å²) in [6.07, 6.45) is 1.65. The number of ketones is 2. The monoisotopic (exact) mass is 860 g/mol. The molecule has 17 nitrogen and oxygen atoms in total. The van der Waals surface area contributed by atoms with Gasteiger partial charge in [-0.2, -0.15) is 10.2 Å². The summed E-state index contributed by atoms with van der Waals surface area (Å²) in [6, 6.07) is 17.8. The standard InChI is InChI=1S/C34H26N4O13S3.3Na/c1-50-28-14-18(7-11-25(28)35-37-27-17-30(53(44,45)46)23-5-3-4-6-24(23)33(27)39)19-8-12-26(29(15-19)51-2)36-38-32-31(54(47,48)49)16-20-13-21(52(41,42)43)9-10-22(20)34(32)40;;;/h3-17,35-36H,1-2H3,(H,41,42,43)(H,44,45,46)(H,47,48,49);;;/q;3*+1/p-3. The minimum absolute atomic E-state index is 0. The van der Waals surface area contributed by atoms with Crippen molar-refractivity contribution < 1.29 is 147 Å². The molecule has 0 aliphatic heterocycles. The number of allylic oxidation sites excluding steroid dienone is 2. The minimum Gasteiger partial charge on any atom is -0.744 e. The number of benzene rings is 4. The summed E-state index contributed by atoms with van der Waals surface area (Å²) in [7, 11) is -12.5. The number of hydrogen-bond acceptors (Lipinski definition) is 17. The van der Waals surface area contributed by atoms with E-state index in [1.807, 2.05) is 0 Å². The molecule has 2 aliphatic rings. The van der Waals surface area contributed by atoms with Gasteiger partial charge in [0.05, 0.1) is 40.3 Å². The van der Waals surface area contributed by atoms with Crippen LogP contribution >= 0.6 is 0 Å². The van der Waals surface area contributed by atoms with Gasteiger partial charge in [-0.3, -0.25) is 20.4 Å². The van der Waals surface area contributed by atoms with Crippen LogP contribution in [0.4, 0.5) is 11.4 Å². The van der Waals surface area contributed by atoms with Gasteiger partial charge >= 0.3 is 88.7 Å². The van der Waals surface area contributed by atoms with Crippen molar-refractivity contribution in [3.63, 3.8) is 0 Å². The number of hydrazone groups is 2. The predicted octanol–water partition coefficient (Wildman–Crippen LogP) is -5.61. The van der Waals surface area contributed by atoms with E-state index in [2.05, 4.69) is 21.1 Å². The number of nitrogens with zero attached hydrogens (tertiary/aromatic N) is 2. The van der Waals surface area contributed by atoms with Crippen molar-refractivity contribution >= 4 is 75.7 Å². The first-order valence-electron chi connectivity index (χ1n) is 15.1. The Morgan fingerprint density at radius 3 is 1.60 bits per heavy atom. The summed E-state index contributed by atoms with van der Waals surface area (Å²) >= 11 is 0. The molecule has 2 N–H and O–H groups in total. The van der Waals surface area contributed by atoms with Gasteiger partial charge in [0.25, 0.3) is 0 Å². The predicted molar refractivity (Wildman–Crippen MR) is 192 cm³/mol. The number of Topliss-reactive ketones (excluding diaryl/α,β-unsaturated/α-hetero) is 2. The van der Waals surface area contributed by atoms with Gasteiger partial charge in [0.1, 0.15) is 53.3 Å². The molecular weight excluding hydrogens is 838 g/mol. The second-order valence-electron chi connectivity index (χ2n) is 11.3. The largest absolute Gasteiger partial charge is 1.00 e. The first kappa shape index (κ1) is 48.3. The van der Waals surface area contributed by atoms with E-state index in [0.717, 1.165) is 30.4 Å². The van der Waals surface area contributed by atoms with Crippen LogP contribution in [0.15, 0.2) is 105 Å². The third kappa shape index (κ3) is 10.4. The molecular formula is C34H23N4Na3O13S3. The summed E-state index contributed by atoms with van der Waals surface area (Å²) < 4.78 is 117. The van der Waals surface area contributed by atoms with Crippen molar-refractivity contribution in [2.24, 2.45) is 10.2 Å². The van der Waals surface area contributed by atoms with E-state index < -0.39 is 62.3 Å². The molecule has 0 saturated carbocycles. The van der Waals surface area contributed by atoms with Crippen LogP contribution in [0.3, 0.4) is 0 Å². The Bertz CT molecular complexity index is 2770. The number of carbonyl (C=O) groups excluding carboxylic acids is 2. The molecule has 0 amide bonds. The molecule has 0 aromatic heterocycles. The third-order valence-electron chi connectivity index (χ3n) is 8.09. The number of fused-ring (bicyclic) bond motifs is 2. The minimum atomic E-state index is -5.33. The maximum absolute atomic E-state index is 13.2. The Labute approximate surface area is 392 Å². The first-order chi connectivity index (χ1) is 25.4. The summed E-state index contributed by atoms with van der Waals surface area (Å²) in [6.45, 7) is 0. The molecule has 0 radical (unpaired) electrons. The maximum Gasteiger partial charge on any atom is 1.00 e. The molecule has 0 saturated heterocycles. The maximum atomic E-state index is 13.2. The number of carbonyl (C=O) groups is 2. The topological polar surface area (TPSA) is 273 Å².